The van der Waals surface area contributed by atoms with Gasteiger partial charge in [-0.2, -0.15) is 13.2 Å². The summed E-state index contributed by atoms with van der Waals surface area (Å²) in [6.45, 7) is 6.96. The molecule has 2 aliphatic heterocycles. The van der Waals surface area contributed by atoms with Gasteiger partial charge in [-0.15, -0.1) is 0 Å². The van der Waals surface area contributed by atoms with Crippen LogP contribution in [-0.4, -0.2) is 73.3 Å². The Kier molecular flexibility index (Phi) is 8.15. The van der Waals surface area contributed by atoms with Crippen molar-refractivity contribution in [1.82, 2.24) is 10.2 Å². The number of alkyl halides is 3. The monoisotopic (exact) mass is 568 g/mol. The van der Waals surface area contributed by atoms with Crippen LogP contribution in [0.1, 0.15) is 0 Å². The maximum atomic E-state index is 13.6. The molecule has 1 fully saturated rings. The molecule has 2 N–H and O–H groups in total. The van der Waals surface area contributed by atoms with Crippen LogP contribution in [0.5, 0.6) is 0 Å². The van der Waals surface area contributed by atoms with Gasteiger partial charge >= 0.3 is 6.18 Å². The van der Waals surface area contributed by atoms with Crippen molar-refractivity contribution in [3.8, 4) is 0 Å². The number of morpholine rings is 1. The van der Waals surface area contributed by atoms with Crippen LogP contribution < -0.4 is 15.9 Å². The molecule has 2 aliphatic rings. The molecule has 0 aromatic heterocycles. The highest BCUT2D eigenvalue weighted by molar-refractivity contribution is 14.2. The zero-order valence-electron chi connectivity index (χ0n) is 17.3. The molecule has 6 nitrogen and oxygen atoms in total. The number of benzene rings is 1. The predicted octanol–water partition coefficient (Wildman–Crippen LogP) is 3.34. The first-order chi connectivity index (χ1) is 14.6. The maximum absolute atomic E-state index is 13.6. The van der Waals surface area contributed by atoms with E-state index in [1.807, 2.05) is 0 Å². The Labute approximate surface area is 189 Å². The van der Waals surface area contributed by atoms with Gasteiger partial charge in [0.05, 0.1) is 19.8 Å². The Hall–Kier alpha value is -1.45. The van der Waals surface area contributed by atoms with E-state index >= 15 is 0 Å². The van der Waals surface area contributed by atoms with Crippen LogP contribution in [0.3, 0.4) is 0 Å². The summed E-state index contributed by atoms with van der Waals surface area (Å²) < 4.78 is 62.4. The Bertz CT molecular complexity index is 958. The second-order valence-electron chi connectivity index (χ2n) is 7.43. The maximum Gasteiger partial charge on any atom is 0.420 e. The third-order valence-electron chi connectivity index (χ3n) is 4.66. The summed E-state index contributed by atoms with van der Waals surface area (Å²) in [5.74, 6) is 0.147. The molecule has 3 rings (SSSR count). The number of anilines is 1. The van der Waals surface area contributed by atoms with E-state index in [0.29, 0.717) is 31.3 Å². The SMILES string of the molecule is CP(C)(=O)c1ccc(NC2=C=IC=C(C(F)(F)F)C(=NCCN3CCOCC3)N2)cc1. The van der Waals surface area contributed by atoms with Gasteiger partial charge < -0.3 is 19.9 Å². The first-order valence-electron chi connectivity index (χ1n) is 9.70. The summed E-state index contributed by atoms with van der Waals surface area (Å²) in [4.78, 5) is 6.36. The average Bonchev–Trinajstić information content (AvgIpc) is 2.90. The Morgan fingerprint density at radius 3 is 2.55 bits per heavy atom. The molecule has 0 aliphatic carbocycles. The molecule has 0 amide bonds. The molecule has 0 atom stereocenters. The number of nitrogens with zero attached hydrogens (tertiary/aromatic N) is 2. The molecule has 1 aromatic rings. The number of ether oxygens (including phenoxy) is 1. The summed E-state index contributed by atoms with van der Waals surface area (Å²) in [5, 5.41) is 6.59. The molecule has 0 unspecified atom stereocenters. The lowest BCUT2D eigenvalue weighted by Crippen LogP contribution is -2.38. The van der Waals surface area contributed by atoms with Gasteiger partial charge in [0, 0.05) is 30.6 Å². The lowest BCUT2D eigenvalue weighted by molar-refractivity contribution is -0.0860. The van der Waals surface area contributed by atoms with Crippen LogP contribution in [0.25, 0.3) is 0 Å². The summed E-state index contributed by atoms with van der Waals surface area (Å²) >= 11 is -1.09. The van der Waals surface area contributed by atoms with Gasteiger partial charge in [-0.05, 0) is 66.1 Å². The summed E-state index contributed by atoms with van der Waals surface area (Å²) in [6.07, 6.45) is -4.49. The average molecular weight is 568 g/mol. The predicted molar refractivity (Wildman–Crippen MR) is 129 cm³/mol. The number of amidine groups is 1. The number of nitrogens with one attached hydrogen (secondary N) is 2. The van der Waals surface area contributed by atoms with Crippen molar-refractivity contribution in [1.29, 1.82) is 0 Å². The molecule has 1 saturated heterocycles. The summed E-state index contributed by atoms with van der Waals surface area (Å²) in [7, 11) is -2.37. The minimum atomic E-state index is -4.49. The van der Waals surface area contributed by atoms with E-state index in [0.717, 1.165) is 18.4 Å². The summed E-state index contributed by atoms with van der Waals surface area (Å²) in [6, 6.07) is 7.02. The normalized spacial score (nSPS) is 19.7. The molecule has 0 radical (unpaired) electrons. The van der Waals surface area contributed by atoms with E-state index in [2.05, 4.69) is 24.2 Å². The zero-order valence-corrected chi connectivity index (χ0v) is 20.4. The van der Waals surface area contributed by atoms with Gasteiger partial charge in [0.25, 0.3) is 0 Å². The van der Waals surface area contributed by atoms with Crippen molar-refractivity contribution < 1.29 is 22.5 Å². The van der Waals surface area contributed by atoms with Gasteiger partial charge in [-0.25, -0.2) is 0 Å². The van der Waals surface area contributed by atoms with E-state index in [1.54, 1.807) is 37.6 Å². The standard InChI is InChI=1S/C20H25F3IN4O2P/c1-31(2,29)16-5-3-15(4-6-16)26-18-14-24-13-17(20(21,22)23)19(27-18)25-7-8-28-9-11-30-12-10-28/h3-6,13,26H,7-12H2,1-2H3,(H,25,27). The molecule has 1 aromatic carbocycles. The van der Waals surface area contributed by atoms with Crippen molar-refractivity contribution >= 4 is 48.4 Å². The Morgan fingerprint density at radius 1 is 1.26 bits per heavy atom. The van der Waals surface area contributed by atoms with Gasteiger partial charge in [0.1, 0.15) is 18.6 Å². The van der Waals surface area contributed by atoms with E-state index in [-0.39, 0.29) is 12.4 Å². The van der Waals surface area contributed by atoms with Crippen molar-refractivity contribution in [3.05, 3.63) is 39.7 Å². The lowest BCUT2D eigenvalue weighted by atomic mass is 10.2. The molecule has 2 heterocycles. The highest BCUT2D eigenvalue weighted by atomic mass is 127. The number of rotatable bonds is 6. The minimum absolute atomic E-state index is 0.198. The highest BCUT2D eigenvalue weighted by Crippen LogP contribution is 2.34. The van der Waals surface area contributed by atoms with E-state index in [9.17, 15) is 17.7 Å². The van der Waals surface area contributed by atoms with Crippen LogP contribution >= 0.6 is 27.9 Å². The molecule has 11 heteroatoms. The van der Waals surface area contributed by atoms with Crippen LogP contribution in [-0.2, 0) is 9.30 Å². The Morgan fingerprint density at radius 2 is 1.94 bits per heavy atom. The van der Waals surface area contributed by atoms with Gasteiger partial charge in [0.2, 0.25) is 0 Å². The molecule has 170 valence electrons. The van der Waals surface area contributed by atoms with Crippen molar-refractivity contribution in [3.63, 3.8) is 0 Å². The zero-order chi connectivity index (χ0) is 22.5. The third-order valence-corrected chi connectivity index (χ3v) is 7.99. The first-order valence-corrected chi connectivity index (χ1v) is 14.6. The van der Waals surface area contributed by atoms with E-state index < -0.39 is 39.6 Å². The summed E-state index contributed by atoms with van der Waals surface area (Å²) in [5.41, 5.74) is -0.0841. The molecule has 0 spiro atoms. The van der Waals surface area contributed by atoms with Crippen molar-refractivity contribution in [2.45, 2.75) is 6.18 Å². The van der Waals surface area contributed by atoms with E-state index in [1.165, 1.54) is 4.08 Å². The van der Waals surface area contributed by atoms with Crippen LogP contribution in [0.2, 0.25) is 0 Å². The molecule has 0 bridgehead atoms. The number of aliphatic imine (C=N–C) groups is 1. The first kappa shape index (κ1) is 24.2. The van der Waals surface area contributed by atoms with Crippen LogP contribution in [0.15, 0.2) is 44.7 Å². The fourth-order valence-electron chi connectivity index (χ4n) is 2.95. The largest absolute Gasteiger partial charge is 0.420 e. The fourth-order valence-corrected chi connectivity index (χ4v) is 5.51. The third kappa shape index (κ3) is 7.29. The minimum Gasteiger partial charge on any atom is -0.379 e. The fraction of sp³-hybridized carbons (Fsp3) is 0.450. The molecular formula is C20H25F3IN4O2P. The Balaban J connectivity index is 1.74. The van der Waals surface area contributed by atoms with Gasteiger partial charge in [0.15, 0.2) is 5.82 Å². The molecule has 31 heavy (non-hydrogen) atoms. The second kappa shape index (κ2) is 10.4. The number of hydrogen-bond acceptors (Lipinski definition) is 5. The second-order valence-corrected chi connectivity index (χ2v) is 12.4. The molecular weight excluding hydrogens is 543 g/mol. The molecule has 0 saturated carbocycles. The number of halogens is 4. The lowest BCUT2D eigenvalue weighted by Gasteiger charge is -2.26. The van der Waals surface area contributed by atoms with Crippen LogP contribution in [0, 0.1) is 0 Å². The number of hydrogen-bond donors (Lipinski definition) is 2. The quantitative estimate of drug-likeness (QED) is 0.408. The smallest absolute Gasteiger partial charge is 0.379 e. The van der Waals surface area contributed by atoms with Crippen molar-refractivity contribution in [2.75, 3.05) is 58.0 Å². The highest BCUT2D eigenvalue weighted by Gasteiger charge is 2.37. The van der Waals surface area contributed by atoms with Crippen LogP contribution in [0.4, 0.5) is 18.9 Å². The van der Waals surface area contributed by atoms with Gasteiger partial charge in [-0.1, -0.05) is 0 Å². The van der Waals surface area contributed by atoms with E-state index in [4.69, 9.17) is 4.74 Å². The van der Waals surface area contributed by atoms with Gasteiger partial charge in [-0.3, -0.25) is 9.89 Å². The van der Waals surface area contributed by atoms with Crippen molar-refractivity contribution in [2.24, 2.45) is 4.99 Å². The topological polar surface area (TPSA) is 66.0 Å².